The van der Waals surface area contributed by atoms with Crippen molar-refractivity contribution in [2.24, 2.45) is 0 Å². The number of likely N-dealkylation sites (tertiary alicyclic amines) is 1. The van der Waals surface area contributed by atoms with Crippen molar-refractivity contribution in [3.8, 4) is 0 Å². The second-order valence-electron chi connectivity index (χ2n) is 6.05. The first-order chi connectivity index (χ1) is 10.1. The molecule has 3 rings (SSSR count). The normalized spacial score (nSPS) is 25.8. The molecule has 0 aromatic heterocycles. The lowest BCUT2D eigenvalue weighted by atomic mass is 9.83. The maximum atomic E-state index is 12.9. The molecule has 2 saturated heterocycles. The van der Waals surface area contributed by atoms with E-state index in [4.69, 9.17) is 4.74 Å². The number of hydrogen-bond donors (Lipinski definition) is 1. The first kappa shape index (κ1) is 14.5. The van der Waals surface area contributed by atoms with Gasteiger partial charge in [0.15, 0.2) is 0 Å². The number of ether oxygens (including phenoxy) is 1. The van der Waals surface area contributed by atoms with Crippen LogP contribution in [0.15, 0.2) is 24.3 Å². The first-order valence-corrected chi connectivity index (χ1v) is 7.47. The van der Waals surface area contributed by atoms with Gasteiger partial charge in [-0.25, -0.2) is 4.39 Å². The van der Waals surface area contributed by atoms with Crippen molar-refractivity contribution in [1.29, 1.82) is 0 Å². The second kappa shape index (κ2) is 5.73. The molecule has 1 atom stereocenters. The zero-order valence-corrected chi connectivity index (χ0v) is 12.3. The Morgan fingerprint density at radius 2 is 2.00 bits per heavy atom. The number of amides is 1. The van der Waals surface area contributed by atoms with Crippen molar-refractivity contribution in [2.45, 2.75) is 38.0 Å². The zero-order chi connectivity index (χ0) is 14.9. The van der Waals surface area contributed by atoms with Crippen molar-refractivity contribution in [1.82, 2.24) is 10.2 Å². The molecular weight excluding hydrogens is 271 g/mol. The largest absolute Gasteiger partial charge is 0.363 e. The predicted molar refractivity (Wildman–Crippen MR) is 77.2 cm³/mol. The molecule has 2 aliphatic heterocycles. The van der Waals surface area contributed by atoms with E-state index >= 15 is 0 Å². The lowest BCUT2D eigenvalue weighted by Crippen LogP contribution is -2.62. The Bertz CT molecular complexity index is 510. The number of piperidine rings is 1. The molecule has 0 aliphatic carbocycles. The summed E-state index contributed by atoms with van der Waals surface area (Å²) in [6.07, 6.45) is 1.82. The van der Waals surface area contributed by atoms with Gasteiger partial charge in [0.05, 0.1) is 11.6 Å². The van der Waals surface area contributed by atoms with E-state index in [2.05, 4.69) is 10.2 Å². The van der Waals surface area contributed by atoms with Crippen molar-refractivity contribution < 1.29 is 13.9 Å². The van der Waals surface area contributed by atoms with E-state index in [-0.39, 0.29) is 30.0 Å². The predicted octanol–water partition coefficient (Wildman–Crippen LogP) is 1.70. The van der Waals surface area contributed by atoms with Gasteiger partial charge in [0, 0.05) is 19.6 Å². The molecule has 1 unspecified atom stereocenters. The van der Waals surface area contributed by atoms with E-state index in [9.17, 15) is 9.18 Å². The lowest BCUT2D eigenvalue weighted by molar-refractivity contribution is -0.159. The lowest BCUT2D eigenvalue weighted by Gasteiger charge is -2.47. The fourth-order valence-electron chi connectivity index (χ4n) is 3.26. The molecule has 1 aromatic rings. The molecule has 0 bridgehead atoms. The van der Waals surface area contributed by atoms with Gasteiger partial charge in [-0.3, -0.25) is 9.69 Å². The molecule has 1 spiro atoms. The summed E-state index contributed by atoms with van der Waals surface area (Å²) in [6, 6.07) is 6.73. The van der Waals surface area contributed by atoms with Gasteiger partial charge in [0.25, 0.3) is 0 Å². The molecule has 21 heavy (non-hydrogen) atoms. The number of carbonyl (C=O) groups is 1. The molecule has 2 heterocycles. The average Bonchev–Trinajstić information content (AvgIpc) is 2.48. The van der Waals surface area contributed by atoms with Crippen molar-refractivity contribution in [3.05, 3.63) is 35.6 Å². The topological polar surface area (TPSA) is 41.6 Å². The van der Waals surface area contributed by atoms with Crippen molar-refractivity contribution >= 4 is 5.91 Å². The van der Waals surface area contributed by atoms with E-state index in [1.54, 1.807) is 0 Å². The summed E-state index contributed by atoms with van der Waals surface area (Å²) in [6.45, 7) is 4.88. The van der Waals surface area contributed by atoms with Crippen LogP contribution in [-0.4, -0.2) is 42.1 Å². The Hall–Kier alpha value is -1.46. The zero-order valence-electron chi connectivity index (χ0n) is 12.3. The van der Waals surface area contributed by atoms with Crippen LogP contribution in [-0.2, 0) is 16.1 Å². The molecule has 5 heteroatoms. The molecule has 1 amide bonds. The minimum Gasteiger partial charge on any atom is -0.363 e. The van der Waals surface area contributed by atoms with E-state index < -0.39 is 0 Å². The highest BCUT2D eigenvalue weighted by molar-refractivity contribution is 5.78. The first-order valence-electron chi connectivity index (χ1n) is 7.47. The number of rotatable bonds is 2. The molecule has 114 valence electrons. The third-order valence-electron chi connectivity index (χ3n) is 4.68. The third kappa shape index (κ3) is 3.09. The van der Waals surface area contributed by atoms with Crippen LogP contribution in [0.25, 0.3) is 0 Å². The molecule has 0 radical (unpaired) electrons. The highest BCUT2D eigenvalue weighted by Crippen LogP contribution is 2.32. The molecule has 1 N–H and O–H groups in total. The van der Waals surface area contributed by atoms with Crippen LogP contribution >= 0.6 is 0 Å². The second-order valence-corrected chi connectivity index (χ2v) is 6.05. The smallest absolute Gasteiger partial charge is 0.246 e. The monoisotopic (exact) mass is 292 g/mol. The summed E-state index contributed by atoms with van der Waals surface area (Å²) < 4.78 is 18.8. The Kier molecular flexibility index (Phi) is 3.95. The van der Waals surface area contributed by atoms with Crippen molar-refractivity contribution in [3.63, 3.8) is 0 Å². The number of nitrogens with one attached hydrogen (secondary N) is 1. The highest BCUT2D eigenvalue weighted by atomic mass is 19.1. The minimum atomic E-state index is -0.215. The maximum Gasteiger partial charge on any atom is 0.246 e. The summed E-state index contributed by atoms with van der Waals surface area (Å²) >= 11 is 0. The quantitative estimate of drug-likeness (QED) is 0.902. The number of carbonyl (C=O) groups excluding carboxylic acids is 1. The third-order valence-corrected chi connectivity index (χ3v) is 4.68. The van der Waals surface area contributed by atoms with Crippen LogP contribution in [0.4, 0.5) is 4.39 Å². The summed E-state index contributed by atoms with van der Waals surface area (Å²) in [5.41, 5.74) is 0.908. The summed E-state index contributed by atoms with van der Waals surface area (Å²) in [7, 11) is 0. The summed E-state index contributed by atoms with van der Waals surface area (Å²) in [5.74, 6) is -0.224. The molecule has 2 aliphatic rings. The molecule has 0 saturated carbocycles. The van der Waals surface area contributed by atoms with E-state index in [0.717, 1.165) is 38.0 Å². The SMILES string of the molecule is CC1NC(=O)COC12CCN(Cc1ccc(F)cc1)CC2. The average molecular weight is 292 g/mol. The van der Waals surface area contributed by atoms with Crippen LogP contribution < -0.4 is 5.32 Å². The van der Waals surface area contributed by atoms with Gasteiger partial charge in [0.1, 0.15) is 12.4 Å². The van der Waals surface area contributed by atoms with Gasteiger partial charge in [-0.05, 0) is 37.5 Å². The van der Waals surface area contributed by atoms with E-state index in [1.807, 2.05) is 19.1 Å². The number of hydrogen-bond acceptors (Lipinski definition) is 3. The van der Waals surface area contributed by atoms with Gasteiger partial charge in [-0.1, -0.05) is 12.1 Å². The molecule has 1 aromatic carbocycles. The van der Waals surface area contributed by atoms with Gasteiger partial charge in [0.2, 0.25) is 5.91 Å². The van der Waals surface area contributed by atoms with Crippen LogP contribution in [0.1, 0.15) is 25.3 Å². The Morgan fingerprint density at radius 3 is 2.62 bits per heavy atom. The fourth-order valence-corrected chi connectivity index (χ4v) is 3.26. The number of morpholine rings is 1. The Morgan fingerprint density at radius 1 is 1.33 bits per heavy atom. The molecule has 4 nitrogen and oxygen atoms in total. The van der Waals surface area contributed by atoms with Crippen LogP contribution in [0, 0.1) is 5.82 Å². The Labute approximate surface area is 124 Å². The number of halogens is 1. The summed E-state index contributed by atoms with van der Waals surface area (Å²) in [4.78, 5) is 13.7. The van der Waals surface area contributed by atoms with Gasteiger partial charge >= 0.3 is 0 Å². The maximum absolute atomic E-state index is 12.9. The van der Waals surface area contributed by atoms with Crippen LogP contribution in [0.2, 0.25) is 0 Å². The van der Waals surface area contributed by atoms with Crippen LogP contribution in [0.5, 0.6) is 0 Å². The molecule has 2 fully saturated rings. The number of nitrogens with zero attached hydrogens (tertiary/aromatic N) is 1. The standard InChI is InChI=1S/C16H21FN2O2/c1-12-16(21-11-15(20)18-12)6-8-19(9-7-16)10-13-2-4-14(17)5-3-13/h2-5,12H,6-11H2,1H3,(H,18,20). The van der Waals surface area contributed by atoms with Gasteiger partial charge in [-0.15, -0.1) is 0 Å². The van der Waals surface area contributed by atoms with Crippen molar-refractivity contribution in [2.75, 3.05) is 19.7 Å². The van der Waals surface area contributed by atoms with E-state index in [0.29, 0.717) is 0 Å². The Balaban J connectivity index is 1.57. The molecular formula is C16H21FN2O2. The fraction of sp³-hybridized carbons (Fsp3) is 0.562. The summed E-state index contributed by atoms with van der Waals surface area (Å²) in [5, 5.41) is 2.99. The van der Waals surface area contributed by atoms with Gasteiger partial charge < -0.3 is 10.1 Å². The highest BCUT2D eigenvalue weighted by Gasteiger charge is 2.44. The van der Waals surface area contributed by atoms with E-state index in [1.165, 1.54) is 12.1 Å². The van der Waals surface area contributed by atoms with Gasteiger partial charge in [-0.2, -0.15) is 0 Å². The number of benzene rings is 1. The minimum absolute atomic E-state index is 0.0260. The van der Waals surface area contributed by atoms with Crippen LogP contribution in [0.3, 0.4) is 0 Å².